The van der Waals surface area contributed by atoms with Gasteiger partial charge in [-0.2, -0.15) is 0 Å². The first-order valence-electron chi connectivity index (χ1n) is 3.66. The van der Waals surface area contributed by atoms with Crippen molar-refractivity contribution in [2.24, 2.45) is 0 Å². The normalized spacial score (nSPS) is 17.6. The molecule has 0 amide bonds. The lowest BCUT2D eigenvalue weighted by Gasteiger charge is -2.19. The second kappa shape index (κ2) is 3.24. The molecule has 1 rings (SSSR count). The largest absolute Gasteiger partial charge is 0.381 e. The highest BCUT2D eigenvalue weighted by molar-refractivity contribution is 5.37. The van der Waals surface area contributed by atoms with Gasteiger partial charge in [-0.25, -0.2) is 0 Å². The van der Waals surface area contributed by atoms with Crippen LogP contribution in [0, 0.1) is 0 Å². The average molecular weight is 147 g/mol. The highest BCUT2D eigenvalue weighted by Gasteiger charge is 2.08. The summed E-state index contributed by atoms with van der Waals surface area (Å²) >= 11 is 0. The molecule has 0 saturated carbocycles. The Bertz CT molecular complexity index is 233. The van der Waals surface area contributed by atoms with Crippen LogP contribution in [0.1, 0.15) is 6.42 Å². The SMILES string of the molecule is C=CC1=C(C=C)NCC(=C)C1. The maximum atomic E-state index is 3.90. The lowest BCUT2D eigenvalue weighted by molar-refractivity contribution is 0.814. The van der Waals surface area contributed by atoms with Crippen LogP contribution in [0.3, 0.4) is 0 Å². The van der Waals surface area contributed by atoms with E-state index in [1.54, 1.807) is 0 Å². The van der Waals surface area contributed by atoms with Crippen molar-refractivity contribution in [1.82, 2.24) is 5.32 Å². The van der Waals surface area contributed by atoms with Crippen molar-refractivity contribution in [3.05, 3.63) is 48.7 Å². The number of allylic oxidation sites excluding steroid dienone is 3. The second-order valence-corrected chi connectivity index (χ2v) is 2.63. The third-order valence-electron chi connectivity index (χ3n) is 1.77. The van der Waals surface area contributed by atoms with E-state index < -0.39 is 0 Å². The predicted molar refractivity (Wildman–Crippen MR) is 49.2 cm³/mol. The van der Waals surface area contributed by atoms with Crippen LogP contribution in [-0.2, 0) is 0 Å². The molecule has 0 atom stereocenters. The van der Waals surface area contributed by atoms with E-state index in [2.05, 4.69) is 25.1 Å². The monoisotopic (exact) mass is 147 g/mol. The van der Waals surface area contributed by atoms with E-state index in [4.69, 9.17) is 0 Å². The maximum Gasteiger partial charge on any atom is 0.0372 e. The fraction of sp³-hybridized carbons (Fsp3) is 0.200. The van der Waals surface area contributed by atoms with Gasteiger partial charge in [-0.3, -0.25) is 0 Å². The molecule has 1 heterocycles. The van der Waals surface area contributed by atoms with Crippen molar-refractivity contribution in [3.63, 3.8) is 0 Å². The highest BCUT2D eigenvalue weighted by atomic mass is 14.9. The lowest BCUT2D eigenvalue weighted by atomic mass is 10.0. The summed E-state index contributed by atoms with van der Waals surface area (Å²) < 4.78 is 0. The van der Waals surface area contributed by atoms with Gasteiger partial charge in [0, 0.05) is 12.2 Å². The molecule has 0 spiro atoms. The number of rotatable bonds is 2. The van der Waals surface area contributed by atoms with Crippen LogP contribution in [0.4, 0.5) is 0 Å². The molecule has 0 bridgehead atoms. The second-order valence-electron chi connectivity index (χ2n) is 2.63. The van der Waals surface area contributed by atoms with Crippen LogP contribution in [-0.4, -0.2) is 6.54 Å². The summed E-state index contributed by atoms with van der Waals surface area (Å²) in [7, 11) is 0. The smallest absolute Gasteiger partial charge is 0.0372 e. The van der Waals surface area contributed by atoms with E-state index in [0.717, 1.165) is 18.7 Å². The van der Waals surface area contributed by atoms with Gasteiger partial charge >= 0.3 is 0 Å². The van der Waals surface area contributed by atoms with Gasteiger partial charge in [0.25, 0.3) is 0 Å². The van der Waals surface area contributed by atoms with Gasteiger partial charge in [0.1, 0.15) is 0 Å². The van der Waals surface area contributed by atoms with Crippen LogP contribution < -0.4 is 5.32 Å². The third-order valence-corrected chi connectivity index (χ3v) is 1.77. The summed E-state index contributed by atoms with van der Waals surface area (Å²) in [5.41, 5.74) is 3.48. The van der Waals surface area contributed by atoms with Gasteiger partial charge in [0.2, 0.25) is 0 Å². The van der Waals surface area contributed by atoms with Gasteiger partial charge < -0.3 is 5.32 Å². The first-order chi connectivity index (χ1) is 5.27. The Labute approximate surface area is 67.8 Å². The molecule has 1 aliphatic rings. The minimum atomic E-state index is 0.860. The maximum absolute atomic E-state index is 3.90. The zero-order valence-corrected chi connectivity index (χ0v) is 6.69. The van der Waals surface area contributed by atoms with Crippen LogP contribution in [0.15, 0.2) is 48.7 Å². The lowest BCUT2D eigenvalue weighted by Crippen LogP contribution is -2.21. The first kappa shape index (κ1) is 7.86. The Hall–Kier alpha value is -1.24. The molecule has 0 fully saturated rings. The summed E-state index contributed by atoms with van der Waals surface area (Å²) in [6.07, 6.45) is 4.61. The van der Waals surface area contributed by atoms with E-state index in [9.17, 15) is 0 Å². The van der Waals surface area contributed by atoms with Crippen molar-refractivity contribution in [1.29, 1.82) is 0 Å². The highest BCUT2D eigenvalue weighted by Crippen LogP contribution is 2.18. The fourth-order valence-corrected chi connectivity index (χ4v) is 1.15. The molecule has 0 aromatic rings. The van der Waals surface area contributed by atoms with Gasteiger partial charge in [-0.15, -0.1) is 0 Å². The zero-order valence-electron chi connectivity index (χ0n) is 6.69. The van der Waals surface area contributed by atoms with Gasteiger partial charge in [0.05, 0.1) is 0 Å². The van der Waals surface area contributed by atoms with E-state index in [1.165, 1.54) is 11.1 Å². The first-order valence-corrected chi connectivity index (χ1v) is 3.66. The summed E-state index contributed by atoms with van der Waals surface area (Å²) in [5, 5.41) is 3.21. The summed E-state index contributed by atoms with van der Waals surface area (Å²) in [4.78, 5) is 0. The third kappa shape index (κ3) is 1.61. The molecule has 1 nitrogen and oxygen atoms in total. The molecular formula is C10H13N. The Morgan fingerprint density at radius 2 is 2.00 bits per heavy atom. The number of hydrogen-bond acceptors (Lipinski definition) is 1. The molecule has 1 aliphatic heterocycles. The van der Waals surface area contributed by atoms with Crippen molar-refractivity contribution >= 4 is 0 Å². The van der Waals surface area contributed by atoms with E-state index >= 15 is 0 Å². The van der Waals surface area contributed by atoms with Crippen molar-refractivity contribution in [2.75, 3.05) is 6.54 Å². The number of nitrogens with one attached hydrogen (secondary N) is 1. The van der Waals surface area contributed by atoms with Crippen LogP contribution in [0.2, 0.25) is 0 Å². The standard InChI is InChI=1S/C10H13N/c1-4-9-6-8(3)7-11-10(9)5-2/h4-5,11H,1-3,6-7H2. The molecule has 1 N–H and O–H groups in total. The molecule has 0 aromatic carbocycles. The van der Waals surface area contributed by atoms with Crippen LogP contribution >= 0.6 is 0 Å². The summed E-state index contributed by atoms with van der Waals surface area (Å²) in [5.74, 6) is 0. The molecule has 0 radical (unpaired) electrons. The summed E-state index contributed by atoms with van der Waals surface area (Å²) in [6.45, 7) is 12.2. The molecule has 0 saturated heterocycles. The van der Waals surface area contributed by atoms with Crippen molar-refractivity contribution < 1.29 is 0 Å². The quantitative estimate of drug-likeness (QED) is 0.590. The Balaban J connectivity index is 2.91. The predicted octanol–water partition coefficient (Wildman–Crippen LogP) is 2.16. The molecular weight excluding hydrogens is 134 g/mol. The van der Waals surface area contributed by atoms with Gasteiger partial charge in [0.15, 0.2) is 0 Å². The molecule has 11 heavy (non-hydrogen) atoms. The Morgan fingerprint density at radius 3 is 2.55 bits per heavy atom. The van der Waals surface area contributed by atoms with E-state index in [0.29, 0.717) is 0 Å². The van der Waals surface area contributed by atoms with E-state index in [-0.39, 0.29) is 0 Å². The molecule has 58 valence electrons. The van der Waals surface area contributed by atoms with Crippen LogP contribution in [0.5, 0.6) is 0 Å². The van der Waals surface area contributed by atoms with Gasteiger partial charge in [-0.05, 0) is 18.1 Å². The topological polar surface area (TPSA) is 12.0 Å². The molecule has 0 aliphatic carbocycles. The van der Waals surface area contributed by atoms with Gasteiger partial charge in [-0.1, -0.05) is 31.4 Å². The Morgan fingerprint density at radius 1 is 1.27 bits per heavy atom. The molecule has 0 aromatic heterocycles. The zero-order chi connectivity index (χ0) is 8.27. The van der Waals surface area contributed by atoms with E-state index in [1.807, 2.05) is 12.2 Å². The summed E-state index contributed by atoms with van der Waals surface area (Å²) in [6, 6.07) is 0. The van der Waals surface area contributed by atoms with Crippen molar-refractivity contribution in [2.45, 2.75) is 6.42 Å². The number of hydrogen-bond donors (Lipinski definition) is 1. The molecule has 1 heteroatoms. The minimum absolute atomic E-state index is 0.860. The average Bonchev–Trinajstić information content (AvgIpc) is 2.04. The van der Waals surface area contributed by atoms with Crippen molar-refractivity contribution in [3.8, 4) is 0 Å². The Kier molecular flexibility index (Phi) is 2.32. The molecule has 0 unspecified atom stereocenters. The fourth-order valence-electron chi connectivity index (χ4n) is 1.15. The minimum Gasteiger partial charge on any atom is -0.381 e. The van der Waals surface area contributed by atoms with Crippen LogP contribution in [0.25, 0.3) is 0 Å².